The molecule has 3 heteroatoms. The molecule has 1 heterocycles. The van der Waals surface area contributed by atoms with Crippen molar-refractivity contribution in [2.75, 3.05) is 20.2 Å². The third kappa shape index (κ3) is 1.86. The minimum Gasteiger partial charge on any atom is -0.497 e. The highest BCUT2D eigenvalue weighted by molar-refractivity contribution is 6.31. The quantitative estimate of drug-likeness (QED) is 0.812. The van der Waals surface area contributed by atoms with E-state index in [0.29, 0.717) is 5.92 Å². The van der Waals surface area contributed by atoms with E-state index in [-0.39, 0.29) is 0 Å². The molecule has 1 fully saturated rings. The summed E-state index contributed by atoms with van der Waals surface area (Å²) in [5.41, 5.74) is 1.23. The van der Waals surface area contributed by atoms with Crippen molar-refractivity contribution < 1.29 is 4.74 Å². The molecule has 0 spiro atoms. The molecule has 1 aromatic rings. The van der Waals surface area contributed by atoms with Gasteiger partial charge in [0, 0.05) is 11.6 Å². The highest BCUT2D eigenvalue weighted by Crippen LogP contribution is 2.31. The van der Waals surface area contributed by atoms with Crippen molar-refractivity contribution in [3.63, 3.8) is 0 Å². The van der Waals surface area contributed by atoms with Crippen molar-refractivity contribution in [1.29, 1.82) is 0 Å². The highest BCUT2D eigenvalue weighted by Gasteiger charge is 2.18. The molecule has 0 aromatic heterocycles. The Morgan fingerprint density at radius 2 is 2.36 bits per heavy atom. The summed E-state index contributed by atoms with van der Waals surface area (Å²) in [7, 11) is 1.66. The number of nitrogens with one attached hydrogen (secondary N) is 1. The summed E-state index contributed by atoms with van der Waals surface area (Å²) in [6.45, 7) is 2.12. The summed E-state index contributed by atoms with van der Waals surface area (Å²) in [5, 5.41) is 4.15. The molecule has 1 unspecified atom stereocenters. The van der Waals surface area contributed by atoms with Gasteiger partial charge in [-0.05, 0) is 36.6 Å². The molecule has 0 amide bonds. The molecule has 1 atom stereocenters. The van der Waals surface area contributed by atoms with Gasteiger partial charge in [0.15, 0.2) is 0 Å². The molecule has 2 rings (SSSR count). The first-order chi connectivity index (χ1) is 6.81. The van der Waals surface area contributed by atoms with E-state index >= 15 is 0 Å². The van der Waals surface area contributed by atoms with E-state index in [1.54, 1.807) is 7.11 Å². The van der Waals surface area contributed by atoms with E-state index in [1.165, 1.54) is 12.0 Å². The molecular weight excluding hydrogens is 198 g/mol. The fourth-order valence-electron chi connectivity index (χ4n) is 1.89. The average Bonchev–Trinajstić information content (AvgIpc) is 2.70. The van der Waals surface area contributed by atoms with Crippen molar-refractivity contribution in [2.45, 2.75) is 12.3 Å². The molecule has 2 nitrogen and oxygen atoms in total. The van der Waals surface area contributed by atoms with Crippen LogP contribution in [-0.2, 0) is 0 Å². The van der Waals surface area contributed by atoms with Gasteiger partial charge >= 0.3 is 0 Å². The lowest BCUT2D eigenvalue weighted by atomic mass is 9.98. The zero-order valence-electron chi connectivity index (χ0n) is 8.22. The second kappa shape index (κ2) is 4.20. The molecule has 0 saturated carbocycles. The van der Waals surface area contributed by atoms with Gasteiger partial charge in [-0.3, -0.25) is 0 Å². The molecule has 0 radical (unpaired) electrons. The molecule has 14 heavy (non-hydrogen) atoms. The zero-order chi connectivity index (χ0) is 9.97. The Bertz CT molecular complexity index is 321. The Morgan fingerprint density at radius 3 is 2.93 bits per heavy atom. The third-order valence-corrected chi connectivity index (χ3v) is 3.04. The van der Waals surface area contributed by atoms with E-state index in [1.807, 2.05) is 12.1 Å². The Kier molecular flexibility index (Phi) is 2.94. The van der Waals surface area contributed by atoms with Gasteiger partial charge in [-0.15, -0.1) is 0 Å². The van der Waals surface area contributed by atoms with E-state index in [2.05, 4.69) is 11.4 Å². The second-order valence-electron chi connectivity index (χ2n) is 3.58. The summed E-state index contributed by atoms with van der Waals surface area (Å²) in [6, 6.07) is 5.92. The van der Waals surface area contributed by atoms with Crippen LogP contribution in [0.1, 0.15) is 17.9 Å². The summed E-state index contributed by atoms with van der Waals surface area (Å²) < 4.78 is 5.11. The van der Waals surface area contributed by atoms with E-state index in [4.69, 9.17) is 16.3 Å². The minimum absolute atomic E-state index is 0.563. The molecule has 1 aliphatic heterocycles. The molecule has 76 valence electrons. The first-order valence-corrected chi connectivity index (χ1v) is 5.23. The fourth-order valence-corrected chi connectivity index (χ4v) is 2.21. The van der Waals surface area contributed by atoms with Gasteiger partial charge in [0.2, 0.25) is 0 Å². The van der Waals surface area contributed by atoms with Crippen LogP contribution in [0.3, 0.4) is 0 Å². The summed E-state index contributed by atoms with van der Waals surface area (Å²) >= 11 is 6.18. The number of ether oxygens (including phenoxy) is 1. The van der Waals surface area contributed by atoms with Crippen LogP contribution in [0.5, 0.6) is 5.75 Å². The van der Waals surface area contributed by atoms with Crippen LogP contribution in [-0.4, -0.2) is 20.2 Å². The lowest BCUT2D eigenvalue weighted by molar-refractivity contribution is 0.414. The largest absolute Gasteiger partial charge is 0.497 e. The lowest BCUT2D eigenvalue weighted by Gasteiger charge is -2.11. The molecule has 1 aliphatic rings. The van der Waals surface area contributed by atoms with Gasteiger partial charge in [0.1, 0.15) is 5.75 Å². The van der Waals surface area contributed by atoms with E-state index < -0.39 is 0 Å². The fraction of sp³-hybridized carbons (Fsp3) is 0.455. The minimum atomic E-state index is 0.563. The Hall–Kier alpha value is -0.730. The zero-order valence-corrected chi connectivity index (χ0v) is 8.97. The van der Waals surface area contributed by atoms with Crippen molar-refractivity contribution in [2.24, 2.45) is 0 Å². The number of hydrogen-bond donors (Lipinski definition) is 1. The van der Waals surface area contributed by atoms with Crippen LogP contribution in [0.4, 0.5) is 0 Å². The second-order valence-corrected chi connectivity index (χ2v) is 3.98. The number of halogens is 1. The maximum atomic E-state index is 6.18. The van der Waals surface area contributed by atoms with Crippen LogP contribution in [0, 0.1) is 0 Å². The molecule has 1 aromatic carbocycles. The smallest absolute Gasteiger partial charge is 0.120 e. The van der Waals surface area contributed by atoms with E-state index in [9.17, 15) is 0 Å². The van der Waals surface area contributed by atoms with Crippen molar-refractivity contribution in [1.82, 2.24) is 5.32 Å². The highest BCUT2D eigenvalue weighted by atomic mass is 35.5. The predicted octanol–water partition coefficient (Wildman–Crippen LogP) is 2.43. The predicted molar refractivity (Wildman–Crippen MR) is 58.2 cm³/mol. The average molecular weight is 212 g/mol. The molecule has 0 bridgehead atoms. The molecule has 0 aliphatic carbocycles. The topological polar surface area (TPSA) is 21.3 Å². The van der Waals surface area contributed by atoms with Crippen molar-refractivity contribution >= 4 is 11.6 Å². The summed E-state index contributed by atoms with van der Waals surface area (Å²) in [6.07, 6.45) is 1.17. The first-order valence-electron chi connectivity index (χ1n) is 4.85. The normalized spacial score (nSPS) is 21.1. The Labute approximate surface area is 89.2 Å². The van der Waals surface area contributed by atoms with Crippen LogP contribution in [0.25, 0.3) is 0 Å². The lowest BCUT2D eigenvalue weighted by Crippen LogP contribution is -2.08. The standard InChI is InChI=1S/C11H14ClNO/c1-14-9-2-3-10(11(12)6-9)8-4-5-13-7-8/h2-3,6,8,13H,4-5,7H2,1H3. The Balaban J connectivity index is 2.25. The SMILES string of the molecule is COc1ccc(C2CCNC2)c(Cl)c1. The third-order valence-electron chi connectivity index (χ3n) is 2.71. The van der Waals surface area contributed by atoms with Crippen LogP contribution < -0.4 is 10.1 Å². The molecule has 1 saturated heterocycles. The van der Waals surface area contributed by atoms with Crippen molar-refractivity contribution in [3.8, 4) is 5.75 Å². The van der Waals surface area contributed by atoms with Crippen LogP contribution in [0.2, 0.25) is 5.02 Å². The summed E-state index contributed by atoms with van der Waals surface area (Å²) in [5.74, 6) is 1.39. The van der Waals surface area contributed by atoms with Gasteiger partial charge < -0.3 is 10.1 Å². The van der Waals surface area contributed by atoms with Crippen LogP contribution >= 0.6 is 11.6 Å². The van der Waals surface area contributed by atoms with Gasteiger partial charge in [0.25, 0.3) is 0 Å². The van der Waals surface area contributed by atoms with E-state index in [0.717, 1.165) is 23.9 Å². The monoisotopic (exact) mass is 211 g/mol. The number of rotatable bonds is 2. The van der Waals surface area contributed by atoms with Crippen molar-refractivity contribution in [3.05, 3.63) is 28.8 Å². The first kappa shape index (κ1) is 9.81. The Morgan fingerprint density at radius 1 is 1.50 bits per heavy atom. The maximum Gasteiger partial charge on any atom is 0.120 e. The van der Waals surface area contributed by atoms with Gasteiger partial charge in [-0.25, -0.2) is 0 Å². The van der Waals surface area contributed by atoms with Gasteiger partial charge in [-0.1, -0.05) is 17.7 Å². The van der Waals surface area contributed by atoms with Crippen LogP contribution in [0.15, 0.2) is 18.2 Å². The molecular formula is C11H14ClNO. The van der Waals surface area contributed by atoms with Gasteiger partial charge in [-0.2, -0.15) is 0 Å². The number of benzene rings is 1. The number of hydrogen-bond acceptors (Lipinski definition) is 2. The molecule has 1 N–H and O–H groups in total. The number of methoxy groups -OCH3 is 1. The van der Waals surface area contributed by atoms with Gasteiger partial charge in [0.05, 0.1) is 7.11 Å². The summed E-state index contributed by atoms with van der Waals surface area (Å²) in [4.78, 5) is 0. The maximum absolute atomic E-state index is 6.18.